The second kappa shape index (κ2) is 6.96. The van der Waals surface area contributed by atoms with Crippen molar-refractivity contribution >= 4 is 11.9 Å². The highest BCUT2D eigenvalue weighted by Gasteiger charge is 2.18. The molecule has 78 valence electrons. The van der Waals surface area contributed by atoms with E-state index in [9.17, 15) is 9.59 Å². The van der Waals surface area contributed by atoms with Crippen LogP contribution in [0.3, 0.4) is 0 Å². The molecule has 0 saturated carbocycles. The molecular formula is C10H15NO3. The molecule has 0 radical (unpaired) electrons. The lowest BCUT2D eigenvalue weighted by molar-refractivity contribution is -0.147. The monoisotopic (exact) mass is 197 g/mol. The minimum atomic E-state index is -0.653. The van der Waals surface area contributed by atoms with Crippen molar-refractivity contribution in [3.05, 3.63) is 0 Å². The summed E-state index contributed by atoms with van der Waals surface area (Å²) in [7, 11) is 0. The van der Waals surface area contributed by atoms with Crippen molar-refractivity contribution in [2.75, 3.05) is 6.61 Å². The zero-order chi connectivity index (χ0) is 11.0. The number of nitrogens with one attached hydrogen (secondary N) is 1. The SMILES string of the molecule is CC#CC[C@@H](NC(C)=O)C(=O)OCC. The fourth-order valence-electron chi connectivity index (χ4n) is 0.886. The van der Waals surface area contributed by atoms with Gasteiger partial charge in [0.15, 0.2) is 0 Å². The minimum Gasteiger partial charge on any atom is -0.464 e. The van der Waals surface area contributed by atoms with Crippen LogP contribution in [0.2, 0.25) is 0 Å². The van der Waals surface area contributed by atoms with Crippen LogP contribution in [0.25, 0.3) is 0 Å². The summed E-state index contributed by atoms with van der Waals surface area (Å²) in [5.74, 6) is 4.68. The lowest BCUT2D eigenvalue weighted by atomic mass is 10.2. The number of hydrogen-bond donors (Lipinski definition) is 1. The Bertz CT molecular complexity index is 262. The summed E-state index contributed by atoms with van der Waals surface area (Å²) in [6, 6.07) is -0.653. The van der Waals surface area contributed by atoms with Gasteiger partial charge in [0, 0.05) is 13.3 Å². The lowest BCUT2D eigenvalue weighted by Gasteiger charge is -2.13. The van der Waals surface area contributed by atoms with Crippen molar-refractivity contribution in [1.82, 2.24) is 5.32 Å². The Hall–Kier alpha value is -1.50. The molecule has 0 aromatic carbocycles. The van der Waals surface area contributed by atoms with Crippen molar-refractivity contribution in [2.24, 2.45) is 0 Å². The molecule has 1 N–H and O–H groups in total. The van der Waals surface area contributed by atoms with E-state index in [1.165, 1.54) is 6.92 Å². The molecule has 0 aliphatic heterocycles. The highest BCUT2D eigenvalue weighted by Crippen LogP contribution is 1.95. The van der Waals surface area contributed by atoms with Crippen LogP contribution in [0.5, 0.6) is 0 Å². The Morgan fingerprint density at radius 2 is 2.14 bits per heavy atom. The van der Waals surface area contributed by atoms with Crippen LogP contribution >= 0.6 is 0 Å². The molecule has 0 aliphatic rings. The van der Waals surface area contributed by atoms with Gasteiger partial charge in [0.2, 0.25) is 5.91 Å². The van der Waals surface area contributed by atoms with Gasteiger partial charge in [-0.2, -0.15) is 0 Å². The van der Waals surface area contributed by atoms with Crippen molar-refractivity contribution in [3.8, 4) is 11.8 Å². The van der Waals surface area contributed by atoms with E-state index in [0.29, 0.717) is 6.61 Å². The number of rotatable bonds is 4. The highest BCUT2D eigenvalue weighted by molar-refractivity contribution is 5.83. The molecule has 0 bridgehead atoms. The highest BCUT2D eigenvalue weighted by atomic mass is 16.5. The van der Waals surface area contributed by atoms with E-state index in [2.05, 4.69) is 17.2 Å². The molecule has 0 unspecified atom stereocenters. The van der Waals surface area contributed by atoms with Gasteiger partial charge in [0.05, 0.1) is 6.61 Å². The maximum absolute atomic E-state index is 11.3. The number of esters is 1. The molecule has 1 atom stereocenters. The largest absolute Gasteiger partial charge is 0.464 e. The second-order valence-corrected chi connectivity index (χ2v) is 2.64. The van der Waals surface area contributed by atoms with Crippen molar-refractivity contribution in [3.63, 3.8) is 0 Å². The van der Waals surface area contributed by atoms with Crippen molar-refractivity contribution in [1.29, 1.82) is 0 Å². The third-order valence-corrected chi connectivity index (χ3v) is 1.43. The first-order valence-electron chi connectivity index (χ1n) is 4.45. The molecule has 4 nitrogen and oxygen atoms in total. The summed E-state index contributed by atoms with van der Waals surface area (Å²) >= 11 is 0. The first kappa shape index (κ1) is 12.5. The summed E-state index contributed by atoms with van der Waals surface area (Å²) < 4.78 is 4.78. The molecular weight excluding hydrogens is 182 g/mol. The van der Waals surface area contributed by atoms with E-state index in [1.54, 1.807) is 13.8 Å². The van der Waals surface area contributed by atoms with Crippen LogP contribution in [0.15, 0.2) is 0 Å². The molecule has 0 heterocycles. The fourth-order valence-corrected chi connectivity index (χ4v) is 0.886. The van der Waals surface area contributed by atoms with Crippen molar-refractivity contribution in [2.45, 2.75) is 33.2 Å². The predicted molar refractivity (Wildman–Crippen MR) is 52.3 cm³/mol. The van der Waals surface area contributed by atoms with Gasteiger partial charge in [-0.15, -0.1) is 11.8 Å². The Kier molecular flexibility index (Phi) is 6.21. The Morgan fingerprint density at radius 1 is 1.50 bits per heavy atom. The molecule has 4 heteroatoms. The molecule has 14 heavy (non-hydrogen) atoms. The van der Waals surface area contributed by atoms with Gasteiger partial charge in [-0.3, -0.25) is 4.79 Å². The van der Waals surface area contributed by atoms with Gasteiger partial charge >= 0.3 is 5.97 Å². The average molecular weight is 197 g/mol. The third-order valence-electron chi connectivity index (χ3n) is 1.43. The van der Waals surface area contributed by atoms with E-state index in [1.807, 2.05) is 0 Å². The standard InChI is InChI=1S/C10H15NO3/c1-4-6-7-9(11-8(3)12)10(13)14-5-2/h9H,5,7H2,1-3H3,(H,11,12)/t9-/m1/s1. The average Bonchev–Trinajstić information content (AvgIpc) is 2.12. The van der Waals surface area contributed by atoms with Gasteiger partial charge in [-0.25, -0.2) is 4.79 Å². The summed E-state index contributed by atoms with van der Waals surface area (Å²) in [6.07, 6.45) is 0.287. The lowest BCUT2D eigenvalue weighted by Crippen LogP contribution is -2.40. The predicted octanol–water partition coefficient (Wildman–Crippen LogP) is 0.468. The normalized spacial score (nSPS) is 10.8. The van der Waals surface area contributed by atoms with E-state index >= 15 is 0 Å². The van der Waals surface area contributed by atoms with Crippen LogP contribution in [0, 0.1) is 11.8 Å². The fraction of sp³-hybridized carbons (Fsp3) is 0.600. The van der Waals surface area contributed by atoms with Crippen LogP contribution in [-0.4, -0.2) is 24.5 Å². The van der Waals surface area contributed by atoms with E-state index in [-0.39, 0.29) is 12.3 Å². The number of carbonyl (C=O) groups excluding carboxylic acids is 2. The first-order valence-corrected chi connectivity index (χ1v) is 4.45. The maximum Gasteiger partial charge on any atom is 0.329 e. The number of ether oxygens (including phenoxy) is 1. The molecule has 0 aromatic heterocycles. The number of carbonyl (C=O) groups is 2. The molecule has 0 saturated heterocycles. The molecule has 0 aliphatic carbocycles. The van der Waals surface area contributed by atoms with Gasteiger partial charge in [-0.05, 0) is 13.8 Å². The Balaban J connectivity index is 4.26. The van der Waals surface area contributed by atoms with E-state index in [0.717, 1.165) is 0 Å². The zero-order valence-corrected chi connectivity index (χ0v) is 8.72. The molecule has 0 aromatic rings. The topological polar surface area (TPSA) is 55.4 Å². The summed E-state index contributed by atoms with van der Waals surface area (Å²) in [4.78, 5) is 22.0. The smallest absolute Gasteiger partial charge is 0.329 e. The van der Waals surface area contributed by atoms with E-state index < -0.39 is 12.0 Å². The molecule has 0 rings (SSSR count). The quantitative estimate of drug-likeness (QED) is 0.526. The van der Waals surface area contributed by atoms with Crippen LogP contribution in [0.4, 0.5) is 0 Å². The molecule has 1 amide bonds. The molecule has 0 spiro atoms. The van der Waals surface area contributed by atoms with Crippen molar-refractivity contribution < 1.29 is 14.3 Å². The molecule has 0 fully saturated rings. The number of hydrogen-bond acceptors (Lipinski definition) is 3. The number of amides is 1. The van der Waals surface area contributed by atoms with E-state index in [4.69, 9.17) is 4.74 Å². The maximum atomic E-state index is 11.3. The summed E-state index contributed by atoms with van der Waals surface area (Å²) in [5, 5.41) is 2.48. The second-order valence-electron chi connectivity index (χ2n) is 2.64. The Labute approximate surface area is 84.0 Å². The Morgan fingerprint density at radius 3 is 2.57 bits per heavy atom. The van der Waals surface area contributed by atoms with Crippen LogP contribution in [0.1, 0.15) is 27.2 Å². The van der Waals surface area contributed by atoms with Gasteiger partial charge in [0.25, 0.3) is 0 Å². The zero-order valence-electron chi connectivity index (χ0n) is 8.72. The first-order chi connectivity index (χ1) is 6.61. The third kappa shape index (κ3) is 5.20. The van der Waals surface area contributed by atoms with Gasteiger partial charge < -0.3 is 10.1 Å². The van der Waals surface area contributed by atoms with Gasteiger partial charge in [0.1, 0.15) is 6.04 Å². The summed E-state index contributed by atoms with van der Waals surface area (Å²) in [6.45, 7) is 5.05. The van der Waals surface area contributed by atoms with Gasteiger partial charge in [-0.1, -0.05) is 0 Å². The summed E-state index contributed by atoms with van der Waals surface area (Å²) in [5.41, 5.74) is 0. The van der Waals surface area contributed by atoms with Crippen LogP contribution in [-0.2, 0) is 14.3 Å². The van der Waals surface area contributed by atoms with Crippen LogP contribution < -0.4 is 5.32 Å². The minimum absolute atomic E-state index is 0.263.